The van der Waals surface area contributed by atoms with E-state index >= 15 is 0 Å². The minimum Gasteiger partial charge on any atom is -0.386 e. The highest BCUT2D eigenvalue weighted by Crippen LogP contribution is 2.20. The SMILES string of the molecule is CC1(O)CN(C(=O)CCSCC(N)=O)C1. The molecule has 15 heavy (non-hydrogen) atoms. The molecule has 0 spiro atoms. The molecule has 86 valence electrons. The van der Waals surface area contributed by atoms with Gasteiger partial charge in [0.1, 0.15) is 0 Å². The first-order valence-electron chi connectivity index (χ1n) is 4.77. The first-order chi connectivity index (χ1) is 6.91. The lowest BCUT2D eigenvalue weighted by molar-refractivity contribution is -0.151. The molecule has 1 aliphatic rings. The average Bonchev–Trinajstić information content (AvgIpc) is 2.07. The monoisotopic (exact) mass is 232 g/mol. The van der Waals surface area contributed by atoms with Gasteiger partial charge < -0.3 is 15.7 Å². The normalized spacial score (nSPS) is 18.4. The highest BCUT2D eigenvalue weighted by atomic mass is 32.2. The molecule has 0 bridgehead atoms. The van der Waals surface area contributed by atoms with Crippen LogP contribution in [0.4, 0.5) is 0 Å². The van der Waals surface area contributed by atoms with E-state index in [4.69, 9.17) is 5.73 Å². The molecular weight excluding hydrogens is 216 g/mol. The van der Waals surface area contributed by atoms with Crippen molar-refractivity contribution in [2.45, 2.75) is 18.9 Å². The number of hydrogen-bond donors (Lipinski definition) is 2. The van der Waals surface area contributed by atoms with Crippen LogP contribution in [0.1, 0.15) is 13.3 Å². The van der Waals surface area contributed by atoms with Crippen LogP contribution in [0.2, 0.25) is 0 Å². The van der Waals surface area contributed by atoms with Gasteiger partial charge in [0, 0.05) is 12.2 Å². The number of β-amino-alcohol motifs (C(OH)–C–C–N with tert-alkyl or cyclic N) is 1. The number of thioether (sulfide) groups is 1. The Balaban J connectivity index is 2.08. The van der Waals surface area contributed by atoms with Crippen molar-refractivity contribution in [3.8, 4) is 0 Å². The van der Waals surface area contributed by atoms with Crippen LogP contribution in [-0.2, 0) is 9.59 Å². The van der Waals surface area contributed by atoms with Crippen LogP contribution >= 0.6 is 11.8 Å². The highest BCUT2D eigenvalue weighted by Gasteiger charge is 2.38. The minimum atomic E-state index is -0.712. The third-order valence-corrected chi connectivity index (χ3v) is 3.10. The first kappa shape index (κ1) is 12.3. The zero-order valence-corrected chi connectivity index (χ0v) is 9.55. The Hall–Kier alpha value is -0.750. The number of nitrogens with two attached hydrogens (primary N) is 1. The van der Waals surface area contributed by atoms with Crippen LogP contribution in [0.5, 0.6) is 0 Å². The number of hydrogen-bond acceptors (Lipinski definition) is 4. The van der Waals surface area contributed by atoms with Crippen molar-refractivity contribution in [1.82, 2.24) is 4.90 Å². The van der Waals surface area contributed by atoms with Gasteiger partial charge in [0.05, 0.1) is 24.4 Å². The summed E-state index contributed by atoms with van der Waals surface area (Å²) in [7, 11) is 0. The summed E-state index contributed by atoms with van der Waals surface area (Å²) in [5, 5.41) is 9.42. The molecule has 2 amide bonds. The van der Waals surface area contributed by atoms with Crippen LogP contribution in [0.15, 0.2) is 0 Å². The molecule has 0 aromatic carbocycles. The number of primary amides is 1. The van der Waals surface area contributed by atoms with Gasteiger partial charge in [-0.25, -0.2) is 0 Å². The lowest BCUT2D eigenvalue weighted by Gasteiger charge is -2.44. The van der Waals surface area contributed by atoms with Crippen LogP contribution in [0.3, 0.4) is 0 Å². The number of amides is 2. The second kappa shape index (κ2) is 4.85. The first-order valence-corrected chi connectivity index (χ1v) is 5.92. The third-order valence-electron chi connectivity index (χ3n) is 2.12. The number of nitrogens with zero attached hydrogens (tertiary/aromatic N) is 1. The quantitative estimate of drug-likeness (QED) is 0.607. The van der Waals surface area contributed by atoms with Gasteiger partial charge in [-0.1, -0.05) is 0 Å². The summed E-state index contributed by atoms with van der Waals surface area (Å²) in [6.45, 7) is 2.53. The molecule has 1 aliphatic heterocycles. The predicted octanol–water partition coefficient (Wildman–Crippen LogP) is -0.812. The van der Waals surface area contributed by atoms with E-state index < -0.39 is 5.60 Å². The van der Waals surface area contributed by atoms with Gasteiger partial charge in [-0.15, -0.1) is 0 Å². The fraction of sp³-hybridized carbons (Fsp3) is 0.778. The van der Waals surface area contributed by atoms with Crippen LogP contribution in [0.25, 0.3) is 0 Å². The zero-order chi connectivity index (χ0) is 11.5. The highest BCUT2D eigenvalue weighted by molar-refractivity contribution is 7.99. The van der Waals surface area contributed by atoms with E-state index in [1.807, 2.05) is 0 Å². The molecule has 1 saturated heterocycles. The van der Waals surface area contributed by atoms with E-state index in [-0.39, 0.29) is 17.6 Å². The maximum atomic E-state index is 11.4. The Morgan fingerprint density at radius 1 is 1.53 bits per heavy atom. The van der Waals surface area contributed by atoms with E-state index in [1.54, 1.807) is 11.8 Å². The van der Waals surface area contributed by atoms with Crippen molar-refractivity contribution in [3.05, 3.63) is 0 Å². The summed E-state index contributed by atoms with van der Waals surface area (Å²) in [5.74, 6) is 0.517. The summed E-state index contributed by atoms with van der Waals surface area (Å²) in [5.41, 5.74) is 4.24. The number of aliphatic hydroxyl groups is 1. The Bertz CT molecular complexity index is 260. The number of carbonyl (C=O) groups excluding carboxylic acids is 2. The smallest absolute Gasteiger partial charge is 0.227 e. The van der Waals surface area contributed by atoms with E-state index in [0.717, 1.165) is 0 Å². The predicted molar refractivity (Wildman–Crippen MR) is 58.3 cm³/mol. The van der Waals surface area contributed by atoms with Gasteiger partial charge in [0.2, 0.25) is 11.8 Å². The lowest BCUT2D eigenvalue weighted by Crippen LogP contribution is -2.61. The second-order valence-corrected chi connectivity index (χ2v) is 5.12. The minimum absolute atomic E-state index is 0.0264. The summed E-state index contributed by atoms with van der Waals surface area (Å²) < 4.78 is 0. The van der Waals surface area contributed by atoms with Gasteiger partial charge in [0.25, 0.3) is 0 Å². The molecule has 0 aromatic rings. The standard InChI is InChI=1S/C9H16N2O3S/c1-9(14)5-11(6-9)8(13)2-3-15-4-7(10)12/h14H,2-6H2,1H3,(H2,10,12). The molecular formula is C9H16N2O3S. The fourth-order valence-electron chi connectivity index (χ4n) is 1.44. The molecule has 0 aromatic heterocycles. The molecule has 3 N–H and O–H groups in total. The Morgan fingerprint density at radius 3 is 2.60 bits per heavy atom. The van der Waals surface area contributed by atoms with Crippen molar-refractivity contribution in [2.75, 3.05) is 24.6 Å². The average molecular weight is 232 g/mol. The van der Waals surface area contributed by atoms with E-state index in [1.165, 1.54) is 11.8 Å². The van der Waals surface area contributed by atoms with Crippen LogP contribution < -0.4 is 5.73 Å². The Labute approximate surface area is 93.0 Å². The lowest BCUT2D eigenvalue weighted by atomic mass is 9.97. The summed E-state index contributed by atoms with van der Waals surface area (Å²) in [6, 6.07) is 0. The molecule has 1 fully saturated rings. The van der Waals surface area contributed by atoms with Crippen molar-refractivity contribution in [1.29, 1.82) is 0 Å². The fourth-order valence-corrected chi connectivity index (χ4v) is 2.11. The van der Waals surface area contributed by atoms with Crippen LogP contribution in [-0.4, -0.2) is 52.0 Å². The number of likely N-dealkylation sites (tertiary alicyclic amines) is 1. The Morgan fingerprint density at radius 2 is 2.13 bits per heavy atom. The number of carbonyl (C=O) groups is 2. The molecule has 1 heterocycles. The van der Waals surface area contributed by atoms with Crippen LogP contribution in [0, 0.1) is 0 Å². The Kier molecular flexibility index (Phi) is 3.98. The summed E-state index contributed by atoms with van der Waals surface area (Å²) >= 11 is 1.36. The van der Waals surface area contributed by atoms with E-state index in [2.05, 4.69) is 0 Å². The van der Waals surface area contributed by atoms with Gasteiger partial charge in [-0.3, -0.25) is 9.59 Å². The van der Waals surface area contributed by atoms with Gasteiger partial charge in [-0.05, 0) is 6.92 Å². The topological polar surface area (TPSA) is 83.6 Å². The molecule has 5 nitrogen and oxygen atoms in total. The van der Waals surface area contributed by atoms with Crippen molar-refractivity contribution >= 4 is 23.6 Å². The molecule has 0 atom stereocenters. The summed E-state index contributed by atoms with van der Waals surface area (Å²) in [6.07, 6.45) is 0.397. The maximum Gasteiger partial charge on any atom is 0.227 e. The molecule has 0 radical (unpaired) electrons. The summed E-state index contributed by atoms with van der Waals surface area (Å²) in [4.78, 5) is 23.5. The van der Waals surface area contributed by atoms with Crippen molar-refractivity contribution in [2.24, 2.45) is 5.73 Å². The largest absolute Gasteiger partial charge is 0.386 e. The van der Waals surface area contributed by atoms with Crippen molar-refractivity contribution < 1.29 is 14.7 Å². The van der Waals surface area contributed by atoms with E-state index in [0.29, 0.717) is 25.3 Å². The molecule has 0 aliphatic carbocycles. The molecule has 0 saturated carbocycles. The van der Waals surface area contributed by atoms with Gasteiger partial charge in [-0.2, -0.15) is 11.8 Å². The molecule has 0 unspecified atom stereocenters. The number of rotatable bonds is 5. The van der Waals surface area contributed by atoms with Gasteiger partial charge >= 0.3 is 0 Å². The molecule has 6 heteroatoms. The maximum absolute atomic E-state index is 11.4. The van der Waals surface area contributed by atoms with Gasteiger partial charge in [0.15, 0.2) is 0 Å². The van der Waals surface area contributed by atoms with E-state index in [9.17, 15) is 14.7 Å². The zero-order valence-electron chi connectivity index (χ0n) is 8.73. The molecule has 1 rings (SSSR count). The second-order valence-electron chi connectivity index (χ2n) is 4.02. The van der Waals surface area contributed by atoms with Crippen molar-refractivity contribution in [3.63, 3.8) is 0 Å². The third kappa shape index (κ3) is 4.09.